The van der Waals surface area contributed by atoms with Gasteiger partial charge < -0.3 is 4.74 Å². The average Bonchev–Trinajstić information content (AvgIpc) is 3.06. The van der Waals surface area contributed by atoms with Gasteiger partial charge in [-0.15, -0.1) is 10.2 Å². The third-order valence-corrected chi connectivity index (χ3v) is 6.85. The SMILES string of the molecule is CCN(CC)S(=O)(=O)c1ccc(OC)c(N=Nc2c(C)[nH]n(-c3ccccc3)c2=O)c1. The van der Waals surface area contributed by atoms with Crippen LogP contribution in [0.2, 0.25) is 0 Å². The van der Waals surface area contributed by atoms with Crippen LogP contribution in [0.4, 0.5) is 11.4 Å². The number of hydrogen-bond acceptors (Lipinski definition) is 6. The van der Waals surface area contributed by atoms with Crippen molar-refractivity contribution in [3.05, 3.63) is 64.6 Å². The molecule has 31 heavy (non-hydrogen) atoms. The Morgan fingerprint density at radius 1 is 1.06 bits per heavy atom. The molecule has 0 aliphatic carbocycles. The van der Waals surface area contributed by atoms with Gasteiger partial charge in [-0.2, -0.15) is 4.31 Å². The Hall–Kier alpha value is -3.24. The molecule has 0 aliphatic heterocycles. The number of nitrogens with zero attached hydrogens (tertiary/aromatic N) is 4. The Balaban J connectivity index is 2.03. The molecule has 9 nitrogen and oxygen atoms in total. The number of ether oxygens (including phenoxy) is 1. The van der Waals surface area contributed by atoms with Gasteiger partial charge in [-0.25, -0.2) is 13.1 Å². The van der Waals surface area contributed by atoms with Gasteiger partial charge in [0.2, 0.25) is 10.0 Å². The van der Waals surface area contributed by atoms with Gasteiger partial charge in [0.25, 0.3) is 5.56 Å². The molecule has 3 aromatic rings. The first kappa shape index (κ1) is 22.4. The molecule has 0 fully saturated rings. The van der Waals surface area contributed by atoms with E-state index in [0.717, 1.165) is 0 Å². The van der Waals surface area contributed by atoms with Crippen LogP contribution in [0.1, 0.15) is 19.5 Å². The van der Waals surface area contributed by atoms with E-state index >= 15 is 0 Å². The largest absolute Gasteiger partial charge is 0.494 e. The minimum atomic E-state index is -3.68. The molecule has 0 radical (unpaired) electrons. The zero-order valence-corrected chi connectivity index (χ0v) is 18.7. The van der Waals surface area contributed by atoms with E-state index in [1.165, 1.54) is 34.3 Å². The van der Waals surface area contributed by atoms with Gasteiger partial charge in [0.15, 0.2) is 5.69 Å². The second kappa shape index (κ2) is 9.27. The highest BCUT2D eigenvalue weighted by Gasteiger charge is 2.23. The van der Waals surface area contributed by atoms with E-state index in [-0.39, 0.29) is 21.8 Å². The molecule has 3 rings (SSSR count). The molecule has 0 spiro atoms. The van der Waals surface area contributed by atoms with Gasteiger partial charge in [-0.1, -0.05) is 32.0 Å². The maximum absolute atomic E-state index is 12.8. The third-order valence-electron chi connectivity index (χ3n) is 4.81. The molecular formula is C21H25N5O4S. The lowest BCUT2D eigenvalue weighted by molar-refractivity contribution is 0.415. The van der Waals surface area contributed by atoms with Crippen LogP contribution in [0.15, 0.2) is 68.4 Å². The van der Waals surface area contributed by atoms with Gasteiger partial charge in [-0.05, 0) is 37.3 Å². The highest BCUT2D eigenvalue weighted by Crippen LogP contribution is 2.32. The highest BCUT2D eigenvalue weighted by atomic mass is 32.2. The fourth-order valence-corrected chi connectivity index (χ4v) is 4.62. The molecule has 10 heteroatoms. The number of aromatic amines is 1. The van der Waals surface area contributed by atoms with E-state index in [4.69, 9.17) is 4.74 Å². The molecule has 0 saturated carbocycles. The molecular weight excluding hydrogens is 418 g/mol. The standard InChI is InChI=1S/C21H25N5O4S/c1-5-25(6-2)31(28,29)17-12-13-19(30-4)18(14-17)22-23-20-15(3)24-26(21(20)27)16-10-8-7-9-11-16/h7-14,24H,5-6H2,1-4H3. The molecule has 2 aromatic carbocycles. The quantitative estimate of drug-likeness (QED) is 0.532. The van der Waals surface area contributed by atoms with Crippen LogP contribution in [0, 0.1) is 6.92 Å². The van der Waals surface area contributed by atoms with Gasteiger partial charge >= 0.3 is 0 Å². The van der Waals surface area contributed by atoms with Crippen molar-refractivity contribution >= 4 is 21.4 Å². The maximum Gasteiger partial charge on any atom is 0.299 e. The van der Waals surface area contributed by atoms with Crippen LogP contribution in [0.3, 0.4) is 0 Å². The molecule has 1 heterocycles. The number of nitrogens with one attached hydrogen (secondary N) is 1. The topological polar surface area (TPSA) is 109 Å². The molecule has 0 atom stereocenters. The van der Waals surface area contributed by atoms with Crippen LogP contribution >= 0.6 is 0 Å². The Labute approximate surface area is 181 Å². The van der Waals surface area contributed by atoms with Crippen LogP contribution in [-0.4, -0.2) is 42.7 Å². The summed E-state index contributed by atoms with van der Waals surface area (Å²) in [5.74, 6) is 0.346. The number of sulfonamides is 1. The molecule has 0 amide bonds. The molecule has 164 valence electrons. The van der Waals surface area contributed by atoms with Gasteiger partial charge in [-0.3, -0.25) is 9.89 Å². The zero-order chi connectivity index (χ0) is 22.6. The Morgan fingerprint density at radius 2 is 1.74 bits per heavy atom. The Morgan fingerprint density at radius 3 is 2.35 bits per heavy atom. The number of rotatable bonds is 8. The van der Waals surface area contributed by atoms with Crippen molar-refractivity contribution in [1.29, 1.82) is 0 Å². The minimum Gasteiger partial charge on any atom is -0.494 e. The number of azo groups is 1. The third kappa shape index (κ3) is 4.44. The van der Waals surface area contributed by atoms with E-state index in [1.807, 2.05) is 18.2 Å². The maximum atomic E-state index is 12.8. The minimum absolute atomic E-state index is 0.0819. The lowest BCUT2D eigenvalue weighted by atomic mass is 10.3. The zero-order valence-electron chi connectivity index (χ0n) is 17.9. The summed E-state index contributed by atoms with van der Waals surface area (Å²) in [6.45, 7) is 5.97. The predicted molar refractivity (Wildman–Crippen MR) is 118 cm³/mol. The number of aromatic nitrogens is 2. The average molecular weight is 444 g/mol. The van der Waals surface area contributed by atoms with Gasteiger partial charge in [0.1, 0.15) is 11.4 Å². The summed E-state index contributed by atoms with van der Waals surface area (Å²) in [4.78, 5) is 12.9. The first-order valence-corrected chi connectivity index (χ1v) is 11.2. The molecule has 0 saturated heterocycles. The summed E-state index contributed by atoms with van der Waals surface area (Å²) < 4.78 is 33.7. The number of benzene rings is 2. The van der Waals surface area contributed by atoms with Crippen LogP contribution in [-0.2, 0) is 10.0 Å². The van der Waals surface area contributed by atoms with Crippen molar-refractivity contribution in [2.75, 3.05) is 20.2 Å². The normalized spacial score (nSPS) is 12.0. The Bertz CT molecular complexity index is 1240. The van der Waals surface area contributed by atoms with Crippen molar-refractivity contribution in [2.45, 2.75) is 25.7 Å². The van der Waals surface area contributed by atoms with Crippen molar-refractivity contribution < 1.29 is 13.2 Å². The summed E-state index contributed by atoms with van der Waals surface area (Å²) in [5.41, 5.74) is 1.17. The van der Waals surface area contributed by atoms with Gasteiger partial charge in [0.05, 0.1) is 23.4 Å². The van der Waals surface area contributed by atoms with E-state index in [2.05, 4.69) is 15.3 Å². The first-order valence-electron chi connectivity index (χ1n) is 9.80. The number of aryl methyl sites for hydroxylation is 1. The monoisotopic (exact) mass is 443 g/mol. The predicted octanol–water partition coefficient (Wildman–Crippen LogP) is 3.93. The number of H-pyrrole nitrogens is 1. The lowest BCUT2D eigenvalue weighted by Gasteiger charge is -2.18. The summed E-state index contributed by atoms with van der Waals surface area (Å²) in [5, 5.41) is 11.2. The molecule has 1 N–H and O–H groups in total. The fraction of sp³-hybridized carbons (Fsp3) is 0.286. The molecule has 1 aromatic heterocycles. The smallest absolute Gasteiger partial charge is 0.299 e. The second-order valence-electron chi connectivity index (χ2n) is 6.68. The van der Waals surface area contributed by atoms with Crippen LogP contribution in [0.5, 0.6) is 5.75 Å². The van der Waals surface area contributed by atoms with E-state index in [9.17, 15) is 13.2 Å². The fourth-order valence-electron chi connectivity index (χ4n) is 3.14. The number of hydrogen-bond donors (Lipinski definition) is 1. The van der Waals surface area contributed by atoms with Gasteiger partial charge in [0, 0.05) is 13.1 Å². The highest BCUT2D eigenvalue weighted by molar-refractivity contribution is 7.89. The van der Waals surface area contributed by atoms with Crippen molar-refractivity contribution in [2.24, 2.45) is 10.2 Å². The summed E-state index contributed by atoms with van der Waals surface area (Å²) in [7, 11) is -2.22. The van der Waals surface area contributed by atoms with E-state index in [0.29, 0.717) is 30.2 Å². The van der Waals surface area contributed by atoms with Crippen LogP contribution in [0.25, 0.3) is 5.69 Å². The van der Waals surface area contributed by atoms with E-state index < -0.39 is 10.0 Å². The first-order chi connectivity index (χ1) is 14.8. The van der Waals surface area contributed by atoms with Crippen molar-refractivity contribution in [3.8, 4) is 11.4 Å². The molecule has 0 bridgehead atoms. The van der Waals surface area contributed by atoms with Crippen molar-refractivity contribution in [3.63, 3.8) is 0 Å². The van der Waals surface area contributed by atoms with E-state index in [1.54, 1.807) is 32.9 Å². The summed E-state index contributed by atoms with van der Waals surface area (Å²) in [6.07, 6.45) is 0. The number of para-hydroxylation sites is 1. The molecule has 0 aliphatic rings. The molecule has 0 unspecified atom stereocenters. The second-order valence-corrected chi connectivity index (χ2v) is 8.62. The summed E-state index contributed by atoms with van der Waals surface area (Å²) in [6, 6.07) is 13.5. The van der Waals surface area contributed by atoms with Crippen LogP contribution < -0.4 is 10.3 Å². The Kier molecular flexibility index (Phi) is 6.71. The number of methoxy groups -OCH3 is 1. The summed E-state index contributed by atoms with van der Waals surface area (Å²) >= 11 is 0. The lowest BCUT2D eigenvalue weighted by Crippen LogP contribution is -2.30. The van der Waals surface area contributed by atoms with Crippen molar-refractivity contribution in [1.82, 2.24) is 14.1 Å².